The molecule has 0 aliphatic carbocycles. The third-order valence-corrected chi connectivity index (χ3v) is 5.12. The van der Waals surface area contributed by atoms with E-state index < -0.39 is 0 Å². The van der Waals surface area contributed by atoms with Gasteiger partial charge in [-0.15, -0.1) is 11.3 Å². The van der Waals surface area contributed by atoms with Gasteiger partial charge in [0.1, 0.15) is 5.82 Å². The SMILES string of the molecule is CC1COCCN1Cc1c(CN)sc2cccc(F)c12. The van der Waals surface area contributed by atoms with Crippen molar-refractivity contribution in [2.45, 2.75) is 26.1 Å². The molecule has 1 atom stereocenters. The Bertz CT molecular complexity index is 613. The molecule has 108 valence electrons. The molecule has 3 nitrogen and oxygen atoms in total. The van der Waals surface area contributed by atoms with E-state index in [4.69, 9.17) is 10.5 Å². The number of ether oxygens (including phenoxy) is 1. The van der Waals surface area contributed by atoms with Gasteiger partial charge in [0.05, 0.1) is 13.2 Å². The van der Waals surface area contributed by atoms with Gasteiger partial charge < -0.3 is 10.5 Å². The lowest BCUT2D eigenvalue weighted by molar-refractivity contribution is -0.00425. The molecule has 1 aromatic heterocycles. The molecule has 2 heterocycles. The minimum Gasteiger partial charge on any atom is -0.379 e. The van der Waals surface area contributed by atoms with Gasteiger partial charge in [-0.1, -0.05) is 6.07 Å². The molecule has 1 fully saturated rings. The molecule has 1 unspecified atom stereocenters. The van der Waals surface area contributed by atoms with Gasteiger partial charge in [-0.3, -0.25) is 4.90 Å². The molecule has 0 bridgehead atoms. The van der Waals surface area contributed by atoms with E-state index in [1.165, 1.54) is 6.07 Å². The second-order valence-corrected chi connectivity index (χ2v) is 6.35. The maximum absolute atomic E-state index is 14.2. The van der Waals surface area contributed by atoms with E-state index in [0.717, 1.165) is 46.8 Å². The normalized spacial score (nSPS) is 20.6. The highest BCUT2D eigenvalue weighted by Crippen LogP contribution is 2.34. The molecule has 20 heavy (non-hydrogen) atoms. The van der Waals surface area contributed by atoms with Crippen molar-refractivity contribution >= 4 is 21.4 Å². The molecule has 0 spiro atoms. The van der Waals surface area contributed by atoms with Crippen molar-refractivity contribution in [3.8, 4) is 0 Å². The van der Waals surface area contributed by atoms with Crippen molar-refractivity contribution in [3.05, 3.63) is 34.5 Å². The summed E-state index contributed by atoms with van der Waals surface area (Å²) in [4.78, 5) is 3.43. The quantitative estimate of drug-likeness (QED) is 0.946. The number of fused-ring (bicyclic) bond motifs is 1. The fraction of sp³-hybridized carbons (Fsp3) is 0.467. The summed E-state index contributed by atoms with van der Waals surface area (Å²) >= 11 is 1.60. The van der Waals surface area contributed by atoms with Crippen LogP contribution in [0.3, 0.4) is 0 Å². The van der Waals surface area contributed by atoms with Crippen LogP contribution in [0.25, 0.3) is 10.1 Å². The molecule has 5 heteroatoms. The van der Waals surface area contributed by atoms with Crippen molar-refractivity contribution in [2.24, 2.45) is 5.73 Å². The molecule has 0 amide bonds. The maximum Gasteiger partial charge on any atom is 0.132 e. The molecular weight excluding hydrogens is 275 g/mol. The molecule has 1 aromatic carbocycles. The highest BCUT2D eigenvalue weighted by Gasteiger charge is 2.22. The number of benzene rings is 1. The average Bonchev–Trinajstić information content (AvgIpc) is 2.81. The van der Waals surface area contributed by atoms with E-state index in [2.05, 4.69) is 11.8 Å². The van der Waals surface area contributed by atoms with Crippen LogP contribution in [0.5, 0.6) is 0 Å². The van der Waals surface area contributed by atoms with Crippen LogP contribution < -0.4 is 5.73 Å². The molecular formula is C15H19FN2OS. The van der Waals surface area contributed by atoms with Crippen LogP contribution in [0, 0.1) is 5.82 Å². The monoisotopic (exact) mass is 294 g/mol. The van der Waals surface area contributed by atoms with Crippen LogP contribution in [-0.4, -0.2) is 30.7 Å². The third-order valence-electron chi connectivity index (χ3n) is 3.90. The standard InChI is InChI=1S/C15H19FN2OS/c1-10-9-19-6-5-18(10)8-11-14(7-17)20-13-4-2-3-12(16)15(11)13/h2-4,10H,5-9,17H2,1H3. The first-order valence-electron chi connectivity index (χ1n) is 6.91. The summed E-state index contributed by atoms with van der Waals surface area (Å²) in [6, 6.07) is 5.61. The summed E-state index contributed by atoms with van der Waals surface area (Å²) in [5, 5.41) is 0.747. The number of rotatable bonds is 3. The minimum absolute atomic E-state index is 0.144. The Morgan fingerprint density at radius 1 is 1.50 bits per heavy atom. The second-order valence-electron chi connectivity index (χ2n) is 5.22. The Balaban J connectivity index is 2.00. The zero-order valence-corrected chi connectivity index (χ0v) is 12.4. The topological polar surface area (TPSA) is 38.5 Å². The Kier molecular flexibility index (Phi) is 4.03. The fourth-order valence-electron chi connectivity index (χ4n) is 2.75. The first-order valence-corrected chi connectivity index (χ1v) is 7.73. The number of halogens is 1. The van der Waals surface area contributed by atoms with Crippen LogP contribution in [-0.2, 0) is 17.8 Å². The third kappa shape index (κ3) is 2.46. The van der Waals surface area contributed by atoms with Crippen LogP contribution >= 0.6 is 11.3 Å². The molecule has 1 aliphatic rings. The van der Waals surface area contributed by atoms with E-state index in [9.17, 15) is 4.39 Å². The van der Waals surface area contributed by atoms with Gasteiger partial charge in [0.15, 0.2) is 0 Å². The predicted molar refractivity (Wildman–Crippen MR) is 80.4 cm³/mol. The van der Waals surface area contributed by atoms with Crippen molar-refractivity contribution in [1.29, 1.82) is 0 Å². The lowest BCUT2D eigenvalue weighted by atomic mass is 10.1. The van der Waals surface area contributed by atoms with Gasteiger partial charge in [-0.25, -0.2) is 4.39 Å². The largest absolute Gasteiger partial charge is 0.379 e. The number of nitrogens with two attached hydrogens (primary N) is 1. The molecule has 2 N–H and O–H groups in total. The lowest BCUT2D eigenvalue weighted by Gasteiger charge is -2.33. The maximum atomic E-state index is 14.2. The predicted octanol–water partition coefficient (Wildman–Crippen LogP) is 2.72. The summed E-state index contributed by atoms with van der Waals surface area (Å²) < 4.78 is 20.6. The lowest BCUT2D eigenvalue weighted by Crippen LogP contribution is -2.43. The smallest absolute Gasteiger partial charge is 0.132 e. The molecule has 0 radical (unpaired) electrons. The number of thiophene rings is 1. The van der Waals surface area contributed by atoms with Crippen LogP contribution in [0.4, 0.5) is 4.39 Å². The summed E-state index contributed by atoms with van der Waals surface area (Å²) in [6.07, 6.45) is 0. The van der Waals surface area contributed by atoms with Crippen LogP contribution in [0.2, 0.25) is 0 Å². The average molecular weight is 294 g/mol. The summed E-state index contributed by atoms with van der Waals surface area (Å²) in [7, 11) is 0. The first kappa shape index (κ1) is 13.9. The van der Waals surface area contributed by atoms with Gasteiger partial charge in [0, 0.05) is 40.6 Å². The Morgan fingerprint density at radius 3 is 3.10 bits per heavy atom. The number of hydrogen-bond acceptors (Lipinski definition) is 4. The van der Waals surface area contributed by atoms with Gasteiger partial charge >= 0.3 is 0 Å². The highest BCUT2D eigenvalue weighted by molar-refractivity contribution is 7.19. The minimum atomic E-state index is -0.144. The van der Waals surface area contributed by atoms with Gasteiger partial charge in [-0.2, -0.15) is 0 Å². The molecule has 3 rings (SSSR count). The summed E-state index contributed by atoms with van der Waals surface area (Å²) in [5.41, 5.74) is 6.90. The summed E-state index contributed by atoms with van der Waals surface area (Å²) in [6.45, 7) is 5.73. The Labute approximate surface area is 122 Å². The zero-order valence-electron chi connectivity index (χ0n) is 11.6. The number of hydrogen-bond donors (Lipinski definition) is 1. The van der Waals surface area contributed by atoms with E-state index >= 15 is 0 Å². The van der Waals surface area contributed by atoms with Crippen molar-refractivity contribution < 1.29 is 9.13 Å². The molecule has 1 aliphatic heterocycles. The zero-order chi connectivity index (χ0) is 14.1. The van der Waals surface area contributed by atoms with E-state index in [0.29, 0.717) is 12.6 Å². The van der Waals surface area contributed by atoms with E-state index in [1.807, 2.05) is 6.07 Å². The molecule has 1 saturated heterocycles. The van der Waals surface area contributed by atoms with Crippen LogP contribution in [0.1, 0.15) is 17.4 Å². The fourth-order valence-corrected chi connectivity index (χ4v) is 3.86. The first-order chi connectivity index (χ1) is 9.70. The van der Waals surface area contributed by atoms with Gasteiger partial charge in [0.2, 0.25) is 0 Å². The second kappa shape index (κ2) is 5.77. The van der Waals surface area contributed by atoms with Crippen molar-refractivity contribution in [3.63, 3.8) is 0 Å². The molecule has 2 aromatic rings. The summed E-state index contributed by atoms with van der Waals surface area (Å²) in [5.74, 6) is -0.144. The Morgan fingerprint density at radius 2 is 2.35 bits per heavy atom. The highest BCUT2D eigenvalue weighted by atomic mass is 32.1. The van der Waals surface area contributed by atoms with E-state index in [1.54, 1.807) is 17.4 Å². The number of nitrogens with zero attached hydrogens (tertiary/aromatic N) is 1. The van der Waals surface area contributed by atoms with E-state index in [-0.39, 0.29) is 5.82 Å². The van der Waals surface area contributed by atoms with Crippen LogP contribution in [0.15, 0.2) is 18.2 Å². The van der Waals surface area contributed by atoms with Crippen molar-refractivity contribution in [2.75, 3.05) is 19.8 Å². The van der Waals surface area contributed by atoms with Gasteiger partial charge in [-0.05, 0) is 24.6 Å². The molecule has 0 saturated carbocycles. The van der Waals surface area contributed by atoms with Gasteiger partial charge in [0.25, 0.3) is 0 Å². The van der Waals surface area contributed by atoms with Crippen molar-refractivity contribution in [1.82, 2.24) is 4.90 Å². The number of morpholine rings is 1. The Hall–Kier alpha value is -1.01.